The minimum Gasteiger partial charge on any atom is -0.496 e. The maximum atomic E-state index is 13.5. The highest BCUT2D eigenvalue weighted by Gasteiger charge is 2.20. The number of hydrogen-bond donors (Lipinski definition) is 2. The average molecular weight is 275 g/mol. The number of methoxy groups -OCH3 is 1. The quantitative estimate of drug-likeness (QED) is 0.664. The Bertz CT molecular complexity index is 616. The van der Waals surface area contributed by atoms with Gasteiger partial charge in [-0.2, -0.15) is 0 Å². The predicted octanol–water partition coefficient (Wildman–Crippen LogP) is 2.40. The van der Waals surface area contributed by atoms with Gasteiger partial charge in [0.05, 0.1) is 18.8 Å². The van der Waals surface area contributed by atoms with E-state index in [2.05, 4.69) is 10.4 Å². The van der Waals surface area contributed by atoms with E-state index in [1.807, 2.05) is 19.9 Å². The second kappa shape index (κ2) is 5.98. The van der Waals surface area contributed by atoms with Crippen LogP contribution in [-0.4, -0.2) is 12.1 Å². The molecule has 2 aromatic rings. The number of ether oxygens (including phenoxy) is 1. The lowest BCUT2D eigenvalue weighted by atomic mass is 9.98. The Morgan fingerprint density at radius 2 is 2.05 bits per heavy atom. The fourth-order valence-electron chi connectivity index (χ4n) is 2.27. The van der Waals surface area contributed by atoms with E-state index >= 15 is 0 Å². The van der Waals surface area contributed by atoms with Crippen LogP contribution in [0.3, 0.4) is 0 Å². The van der Waals surface area contributed by atoms with Crippen molar-refractivity contribution in [2.75, 3.05) is 7.11 Å². The number of nitrogens with two attached hydrogens (primary N) is 1. The van der Waals surface area contributed by atoms with Gasteiger partial charge in [0.25, 0.3) is 0 Å². The van der Waals surface area contributed by atoms with Crippen LogP contribution in [0, 0.1) is 19.7 Å². The summed E-state index contributed by atoms with van der Waals surface area (Å²) in [7, 11) is 1.54. The van der Waals surface area contributed by atoms with Gasteiger partial charge in [-0.05, 0) is 43.2 Å². The molecule has 3 N–H and O–H groups in total. The number of pyridine rings is 1. The summed E-state index contributed by atoms with van der Waals surface area (Å²) in [5.41, 5.74) is 6.11. The minimum atomic E-state index is -0.429. The van der Waals surface area contributed by atoms with Crippen molar-refractivity contribution in [3.8, 4) is 5.75 Å². The van der Waals surface area contributed by atoms with Crippen molar-refractivity contribution in [1.82, 2.24) is 10.4 Å². The molecule has 5 heteroatoms. The zero-order valence-corrected chi connectivity index (χ0v) is 11.8. The Hall–Kier alpha value is -1.98. The Morgan fingerprint density at radius 3 is 2.65 bits per heavy atom. The first-order chi connectivity index (χ1) is 9.56. The standard InChI is InChI=1S/C15H18FN3O/c1-9-6-10(2)14(18-8-9)15(19-17)12-7-11(16)4-5-13(12)20-3/h4-8,15,19H,17H2,1-3H3. The lowest BCUT2D eigenvalue weighted by Gasteiger charge is -2.20. The normalized spacial score (nSPS) is 12.2. The van der Waals surface area contributed by atoms with Crippen molar-refractivity contribution in [3.63, 3.8) is 0 Å². The van der Waals surface area contributed by atoms with Gasteiger partial charge in [0.1, 0.15) is 11.6 Å². The predicted molar refractivity (Wildman–Crippen MR) is 75.8 cm³/mol. The number of hydrogen-bond acceptors (Lipinski definition) is 4. The monoisotopic (exact) mass is 275 g/mol. The molecule has 0 spiro atoms. The summed E-state index contributed by atoms with van der Waals surface area (Å²) in [6.45, 7) is 3.92. The van der Waals surface area contributed by atoms with Gasteiger partial charge >= 0.3 is 0 Å². The van der Waals surface area contributed by atoms with E-state index in [0.717, 1.165) is 16.8 Å². The third-order valence-corrected chi connectivity index (χ3v) is 3.20. The van der Waals surface area contributed by atoms with E-state index in [4.69, 9.17) is 10.6 Å². The van der Waals surface area contributed by atoms with Crippen molar-refractivity contribution in [2.45, 2.75) is 19.9 Å². The summed E-state index contributed by atoms with van der Waals surface area (Å²) in [6.07, 6.45) is 1.76. The summed E-state index contributed by atoms with van der Waals surface area (Å²) in [5.74, 6) is 5.87. The molecule has 106 valence electrons. The SMILES string of the molecule is COc1ccc(F)cc1C(NN)c1ncc(C)cc1C. The molecule has 0 saturated carbocycles. The van der Waals surface area contributed by atoms with Crippen LogP contribution >= 0.6 is 0 Å². The third-order valence-electron chi connectivity index (χ3n) is 3.20. The van der Waals surface area contributed by atoms with Crippen LogP contribution in [0.1, 0.15) is 28.4 Å². The largest absolute Gasteiger partial charge is 0.496 e. The number of nitrogens with zero attached hydrogens (tertiary/aromatic N) is 1. The Kier molecular flexibility index (Phi) is 4.32. The van der Waals surface area contributed by atoms with E-state index < -0.39 is 6.04 Å². The maximum absolute atomic E-state index is 13.5. The van der Waals surface area contributed by atoms with E-state index in [0.29, 0.717) is 11.3 Å². The van der Waals surface area contributed by atoms with Gasteiger partial charge in [-0.3, -0.25) is 10.8 Å². The van der Waals surface area contributed by atoms with Crippen molar-refractivity contribution in [2.24, 2.45) is 5.84 Å². The summed E-state index contributed by atoms with van der Waals surface area (Å²) in [4.78, 5) is 4.41. The number of aryl methyl sites for hydroxylation is 2. The molecule has 1 aromatic carbocycles. The molecule has 4 nitrogen and oxygen atoms in total. The molecule has 0 amide bonds. The molecule has 0 aliphatic rings. The third kappa shape index (κ3) is 2.79. The van der Waals surface area contributed by atoms with E-state index in [1.165, 1.54) is 12.1 Å². The van der Waals surface area contributed by atoms with E-state index in [9.17, 15) is 4.39 Å². The van der Waals surface area contributed by atoms with Crippen LogP contribution < -0.4 is 16.0 Å². The molecule has 2 rings (SSSR count). The van der Waals surface area contributed by atoms with Crippen LogP contribution in [0.5, 0.6) is 5.75 Å². The lowest BCUT2D eigenvalue weighted by Crippen LogP contribution is -2.30. The van der Waals surface area contributed by atoms with Crippen LogP contribution in [-0.2, 0) is 0 Å². The topological polar surface area (TPSA) is 60.2 Å². The smallest absolute Gasteiger partial charge is 0.124 e. The zero-order valence-electron chi connectivity index (χ0n) is 11.8. The molecule has 1 atom stereocenters. The molecule has 0 radical (unpaired) electrons. The van der Waals surface area contributed by atoms with Crippen LogP contribution in [0.25, 0.3) is 0 Å². The molecule has 0 aliphatic heterocycles. The van der Waals surface area contributed by atoms with Crippen molar-refractivity contribution in [3.05, 3.63) is 58.7 Å². The molecule has 20 heavy (non-hydrogen) atoms. The van der Waals surface area contributed by atoms with E-state index in [1.54, 1.807) is 19.4 Å². The Labute approximate surface area is 117 Å². The molecule has 1 heterocycles. The molecule has 0 saturated heterocycles. The number of aromatic nitrogens is 1. The zero-order chi connectivity index (χ0) is 14.7. The van der Waals surface area contributed by atoms with Crippen LogP contribution in [0.15, 0.2) is 30.5 Å². The van der Waals surface area contributed by atoms with Gasteiger partial charge in [0.15, 0.2) is 0 Å². The van der Waals surface area contributed by atoms with E-state index in [-0.39, 0.29) is 5.82 Å². The number of hydrazine groups is 1. The lowest BCUT2D eigenvalue weighted by molar-refractivity contribution is 0.402. The van der Waals surface area contributed by atoms with Gasteiger partial charge < -0.3 is 4.74 Å². The first kappa shape index (κ1) is 14.4. The summed E-state index contributed by atoms with van der Waals surface area (Å²) in [5, 5.41) is 0. The molecule has 0 aliphatic carbocycles. The van der Waals surface area contributed by atoms with Crippen LogP contribution in [0.2, 0.25) is 0 Å². The number of halogens is 1. The number of nitrogens with one attached hydrogen (secondary N) is 1. The summed E-state index contributed by atoms with van der Waals surface area (Å²) >= 11 is 0. The highest BCUT2D eigenvalue weighted by Crippen LogP contribution is 2.30. The molecular weight excluding hydrogens is 257 g/mol. The molecule has 0 bridgehead atoms. The first-order valence-corrected chi connectivity index (χ1v) is 6.29. The average Bonchev–Trinajstić information content (AvgIpc) is 2.42. The second-order valence-electron chi connectivity index (χ2n) is 4.70. The van der Waals surface area contributed by atoms with Gasteiger partial charge in [0.2, 0.25) is 0 Å². The van der Waals surface area contributed by atoms with Gasteiger partial charge in [-0.1, -0.05) is 6.07 Å². The molecule has 1 aromatic heterocycles. The molecule has 0 fully saturated rings. The highest BCUT2D eigenvalue weighted by atomic mass is 19.1. The van der Waals surface area contributed by atoms with Crippen molar-refractivity contribution < 1.29 is 9.13 Å². The van der Waals surface area contributed by atoms with Crippen LogP contribution in [0.4, 0.5) is 4.39 Å². The number of benzene rings is 1. The highest BCUT2D eigenvalue weighted by molar-refractivity contribution is 5.42. The molecule has 1 unspecified atom stereocenters. The van der Waals surface area contributed by atoms with Gasteiger partial charge in [0, 0.05) is 11.8 Å². The van der Waals surface area contributed by atoms with Crippen molar-refractivity contribution >= 4 is 0 Å². The first-order valence-electron chi connectivity index (χ1n) is 6.29. The fraction of sp³-hybridized carbons (Fsp3) is 0.267. The van der Waals surface area contributed by atoms with Crippen molar-refractivity contribution in [1.29, 1.82) is 0 Å². The molecular formula is C15H18FN3O. The van der Waals surface area contributed by atoms with Gasteiger partial charge in [-0.15, -0.1) is 0 Å². The maximum Gasteiger partial charge on any atom is 0.124 e. The Balaban J connectivity index is 2.54. The second-order valence-corrected chi connectivity index (χ2v) is 4.70. The minimum absolute atomic E-state index is 0.342. The Morgan fingerprint density at radius 1 is 1.30 bits per heavy atom. The summed E-state index contributed by atoms with van der Waals surface area (Å²) < 4.78 is 18.8. The number of rotatable bonds is 4. The van der Waals surface area contributed by atoms with Gasteiger partial charge in [-0.25, -0.2) is 9.82 Å². The fourth-order valence-corrected chi connectivity index (χ4v) is 2.27. The summed E-state index contributed by atoms with van der Waals surface area (Å²) in [6, 6.07) is 5.92.